The molecule has 0 fully saturated rings. The van der Waals surface area contributed by atoms with Crippen LogP contribution in [-0.4, -0.2) is 21.6 Å². The number of amides is 2. The molecule has 2 aromatic carbocycles. The van der Waals surface area contributed by atoms with Crippen molar-refractivity contribution < 1.29 is 14.5 Å². The van der Waals surface area contributed by atoms with Crippen molar-refractivity contribution in [1.29, 1.82) is 0 Å². The number of nitrogens with two attached hydrogens (primary N) is 1. The number of imide groups is 1. The Morgan fingerprint density at radius 3 is 2.26 bits per heavy atom. The van der Waals surface area contributed by atoms with E-state index in [4.69, 9.17) is 5.73 Å². The number of carbonyl (C=O) groups excluding carboxylic acids is 2. The number of rotatable bonds is 3. The molecule has 0 saturated heterocycles. The topological polar surface area (TPSA) is 107 Å². The summed E-state index contributed by atoms with van der Waals surface area (Å²) in [7, 11) is 0. The van der Waals surface area contributed by atoms with Gasteiger partial charge in [-0.2, -0.15) is 0 Å². The van der Waals surface area contributed by atoms with Crippen LogP contribution < -0.4 is 5.73 Å². The van der Waals surface area contributed by atoms with Crippen molar-refractivity contribution in [2.75, 3.05) is 0 Å². The largest absolute Gasteiger partial charge is 0.307 e. The SMILES string of the molecule is Cc1ccc(C(N)N2C(=O)c3ccc([N+](=O)[O-])cc3C2=O)cc1. The first-order valence-corrected chi connectivity index (χ1v) is 6.88. The average Bonchev–Trinajstić information content (AvgIpc) is 2.78. The average molecular weight is 311 g/mol. The van der Waals surface area contributed by atoms with Crippen LogP contribution in [0.15, 0.2) is 42.5 Å². The van der Waals surface area contributed by atoms with E-state index >= 15 is 0 Å². The van der Waals surface area contributed by atoms with Crippen LogP contribution in [0.3, 0.4) is 0 Å². The number of nitrogens with zero attached hydrogens (tertiary/aromatic N) is 2. The normalized spacial score (nSPS) is 14.8. The van der Waals surface area contributed by atoms with Gasteiger partial charge in [-0.1, -0.05) is 29.8 Å². The molecule has 0 bridgehead atoms. The van der Waals surface area contributed by atoms with Gasteiger partial charge in [0.2, 0.25) is 0 Å². The summed E-state index contributed by atoms with van der Waals surface area (Å²) in [5.74, 6) is -1.17. The molecule has 1 unspecified atom stereocenters. The molecule has 1 aliphatic rings. The van der Waals surface area contributed by atoms with E-state index in [2.05, 4.69) is 0 Å². The van der Waals surface area contributed by atoms with E-state index in [9.17, 15) is 19.7 Å². The lowest BCUT2D eigenvalue weighted by Gasteiger charge is -2.22. The molecule has 1 atom stereocenters. The van der Waals surface area contributed by atoms with Gasteiger partial charge in [-0.05, 0) is 18.6 Å². The van der Waals surface area contributed by atoms with Crippen LogP contribution in [0.1, 0.15) is 38.0 Å². The number of carbonyl (C=O) groups is 2. The summed E-state index contributed by atoms with van der Waals surface area (Å²) >= 11 is 0. The van der Waals surface area contributed by atoms with E-state index < -0.39 is 22.9 Å². The smallest absolute Gasteiger partial charge is 0.270 e. The van der Waals surface area contributed by atoms with E-state index in [1.165, 1.54) is 12.1 Å². The van der Waals surface area contributed by atoms with Gasteiger partial charge >= 0.3 is 0 Å². The minimum Gasteiger partial charge on any atom is -0.307 e. The fourth-order valence-electron chi connectivity index (χ4n) is 2.53. The molecule has 0 spiro atoms. The molecule has 0 aliphatic carbocycles. The van der Waals surface area contributed by atoms with Crippen molar-refractivity contribution in [3.05, 3.63) is 74.8 Å². The molecule has 7 nitrogen and oxygen atoms in total. The van der Waals surface area contributed by atoms with Gasteiger partial charge in [-0.25, -0.2) is 0 Å². The highest BCUT2D eigenvalue weighted by Gasteiger charge is 2.40. The molecule has 3 rings (SSSR count). The van der Waals surface area contributed by atoms with Gasteiger partial charge in [-0.3, -0.25) is 24.6 Å². The Bertz CT molecular complexity index is 830. The zero-order valence-electron chi connectivity index (χ0n) is 12.2. The van der Waals surface area contributed by atoms with Crippen molar-refractivity contribution in [3.8, 4) is 0 Å². The van der Waals surface area contributed by atoms with Crippen LogP contribution in [0.25, 0.3) is 0 Å². The van der Waals surface area contributed by atoms with Gasteiger partial charge in [0.05, 0.1) is 16.1 Å². The predicted octanol–water partition coefficient (Wildman–Crippen LogP) is 2.16. The molecule has 116 valence electrons. The number of nitro groups is 1. The van der Waals surface area contributed by atoms with Crippen LogP contribution in [0.4, 0.5) is 5.69 Å². The van der Waals surface area contributed by atoms with Crippen molar-refractivity contribution in [2.45, 2.75) is 13.1 Å². The summed E-state index contributed by atoms with van der Waals surface area (Å²) < 4.78 is 0. The van der Waals surface area contributed by atoms with Crippen LogP contribution >= 0.6 is 0 Å². The van der Waals surface area contributed by atoms with Gasteiger partial charge in [0.25, 0.3) is 17.5 Å². The highest BCUT2D eigenvalue weighted by molar-refractivity contribution is 6.21. The molecule has 2 amide bonds. The van der Waals surface area contributed by atoms with E-state index in [-0.39, 0.29) is 16.8 Å². The van der Waals surface area contributed by atoms with Crippen LogP contribution in [0, 0.1) is 17.0 Å². The molecule has 7 heteroatoms. The van der Waals surface area contributed by atoms with Crippen LogP contribution in [0.2, 0.25) is 0 Å². The molecule has 2 aromatic rings. The van der Waals surface area contributed by atoms with Crippen molar-refractivity contribution in [3.63, 3.8) is 0 Å². The molecule has 1 heterocycles. The number of nitro benzene ring substituents is 1. The first-order valence-electron chi connectivity index (χ1n) is 6.88. The second-order valence-corrected chi connectivity index (χ2v) is 5.32. The molecule has 1 aliphatic heterocycles. The highest BCUT2D eigenvalue weighted by Crippen LogP contribution is 2.31. The van der Waals surface area contributed by atoms with Crippen molar-refractivity contribution >= 4 is 17.5 Å². The lowest BCUT2D eigenvalue weighted by molar-refractivity contribution is -0.384. The van der Waals surface area contributed by atoms with Gasteiger partial charge in [0.1, 0.15) is 6.17 Å². The summed E-state index contributed by atoms with van der Waals surface area (Å²) in [5.41, 5.74) is 7.59. The third-order valence-corrected chi connectivity index (χ3v) is 3.81. The van der Waals surface area contributed by atoms with Crippen LogP contribution in [0.5, 0.6) is 0 Å². The minimum absolute atomic E-state index is 0.00626. The summed E-state index contributed by atoms with van der Waals surface area (Å²) in [6.07, 6.45) is -0.943. The summed E-state index contributed by atoms with van der Waals surface area (Å²) in [5, 5.41) is 10.8. The predicted molar refractivity (Wildman–Crippen MR) is 81.7 cm³/mol. The van der Waals surface area contributed by atoms with Gasteiger partial charge in [0.15, 0.2) is 0 Å². The molecule has 0 saturated carbocycles. The lowest BCUT2D eigenvalue weighted by Crippen LogP contribution is -2.38. The highest BCUT2D eigenvalue weighted by atomic mass is 16.6. The molecular formula is C16H13N3O4. The summed E-state index contributed by atoms with van der Waals surface area (Å²) in [6.45, 7) is 1.91. The molecule has 23 heavy (non-hydrogen) atoms. The number of non-ortho nitro benzene ring substituents is 1. The summed E-state index contributed by atoms with van der Waals surface area (Å²) in [4.78, 5) is 36.0. The standard InChI is InChI=1S/C16H13N3O4/c1-9-2-4-10(5-3-9)14(17)18-15(20)12-7-6-11(19(22)23)8-13(12)16(18)21/h2-8,14H,17H2,1H3. The van der Waals surface area contributed by atoms with E-state index in [1.807, 2.05) is 19.1 Å². The zero-order chi connectivity index (χ0) is 16.7. The van der Waals surface area contributed by atoms with Gasteiger partial charge in [-0.15, -0.1) is 0 Å². The van der Waals surface area contributed by atoms with E-state index in [1.54, 1.807) is 12.1 Å². The second-order valence-electron chi connectivity index (χ2n) is 5.32. The third-order valence-electron chi connectivity index (χ3n) is 3.81. The van der Waals surface area contributed by atoms with E-state index in [0.717, 1.165) is 16.5 Å². The Balaban J connectivity index is 1.99. The number of fused-ring (bicyclic) bond motifs is 1. The number of hydrogen-bond acceptors (Lipinski definition) is 5. The van der Waals surface area contributed by atoms with Crippen LogP contribution in [-0.2, 0) is 0 Å². The zero-order valence-corrected chi connectivity index (χ0v) is 12.2. The summed E-state index contributed by atoms with van der Waals surface area (Å²) in [6, 6.07) is 10.7. The van der Waals surface area contributed by atoms with Crippen molar-refractivity contribution in [1.82, 2.24) is 4.90 Å². The second kappa shape index (κ2) is 5.29. The molecule has 0 aromatic heterocycles. The number of benzene rings is 2. The maximum absolute atomic E-state index is 12.5. The van der Waals surface area contributed by atoms with E-state index in [0.29, 0.717) is 5.56 Å². The fraction of sp³-hybridized carbons (Fsp3) is 0.125. The first-order chi connectivity index (χ1) is 10.9. The Hall–Kier alpha value is -3.06. The van der Waals surface area contributed by atoms with Gasteiger partial charge < -0.3 is 5.73 Å². The Morgan fingerprint density at radius 2 is 1.65 bits per heavy atom. The molecular weight excluding hydrogens is 298 g/mol. The molecule has 2 N–H and O–H groups in total. The number of hydrogen-bond donors (Lipinski definition) is 1. The Labute approximate surface area is 131 Å². The van der Waals surface area contributed by atoms with Crippen molar-refractivity contribution in [2.24, 2.45) is 5.73 Å². The first kappa shape index (κ1) is 14.9. The monoisotopic (exact) mass is 311 g/mol. The Morgan fingerprint density at radius 1 is 1.04 bits per heavy atom. The molecule has 0 radical (unpaired) electrons. The Kier molecular flexibility index (Phi) is 3.42. The lowest BCUT2D eigenvalue weighted by atomic mass is 10.1. The van der Waals surface area contributed by atoms with Gasteiger partial charge in [0, 0.05) is 12.1 Å². The third kappa shape index (κ3) is 2.36. The quantitative estimate of drug-likeness (QED) is 0.531. The number of aryl methyl sites for hydroxylation is 1. The minimum atomic E-state index is -0.943. The maximum Gasteiger partial charge on any atom is 0.270 e. The fourth-order valence-corrected chi connectivity index (χ4v) is 2.53. The maximum atomic E-state index is 12.5.